The molecular weight excluding hydrogens is 840 g/mol. The SMILES string of the molecule is c1ccc(-c2c3ccccc3c(-c3cccc4c3[se]c3ccc(-c5c6ccccc6c(-c6ccc7oc8c9ccccc9ccc8c7c6)c6ccccc56)cc34)c3ccccc23)cc1. The summed E-state index contributed by atoms with van der Waals surface area (Å²) in [6.07, 6.45) is 0. The Morgan fingerprint density at radius 1 is 0.281 bits per heavy atom. The Labute approximate surface area is 374 Å². The van der Waals surface area contributed by atoms with E-state index < -0.39 is 0 Å². The van der Waals surface area contributed by atoms with Crippen LogP contribution < -0.4 is 0 Å². The zero-order valence-electron chi connectivity index (χ0n) is 34.6. The van der Waals surface area contributed by atoms with Crippen molar-refractivity contribution in [3.05, 3.63) is 218 Å². The number of hydrogen-bond acceptors (Lipinski definition) is 1. The fraction of sp³-hybridized carbons (Fsp3) is 0. The summed E-state index contributed by atoms with van der Waals surface area (Å²) in [5, 5.41) is 17.5. The molecule has 0 N–H and O–H groups in total. The fourth-order valence-corrected chi connectivity index (χ4v) is 13.4. The Hall–Kier alpha value is -7.74. The summed E-state index contributed by atoms with van der Waals surface area (Å²) in [7, 11) is 0. The van der Waals surface area contributed by atoms with Gasteiger partial charge < -0.3 is 4.42 Å². The summed E-state index contributed by atoms with van der Waals surface area (Å²) in [6, 6.07) is 80.9. The molecule has 2 aromatic heterocycles. The quantitative estimate of drug-likeness (QED) is 0.127. The van der Waals surface area contributed by atoms with Gasteiger partial charge in [-0.2, -0.15) is 0 Å². The van der Waals surface area contributed by atoms with Crippen LogP contribution in [-0.4, -0.2) is 14.5 Å². The number of benzene rings is 12. The zero-order chi connectivity index (χ0) is 41.9. The van der Waals surface area contributed by atoms with Crippen molar-refractivity contribution in [2.24, 2.45) is 0 Å². The van der Waals surface area contributed by atoms with Crippen molar-refractivity contribution in [1.29, 1.82) is 0 Å². The third-order valence-electron chi connectivity index (χ3n) is 13.6. The van der Waals surface area contributed by atoms with Gasteiger partial charge in [-0.25, -0.2) is 0 Å². The molecule has 0 saturated carbocycles. The van der Waals surface area contributed by atoms with Gasteiger partial charge in [-0.1, -0.05) is 30.3 Å². The van der Waals surface area contributed by atoms with Crippen LogP contribution in [0.4, 0.5) is 0 Å². The van der Waals surface area contributed by atoms with Gasteiger partial charge in [0.05, 0.1) is 0 Å². The van der Waals surface area contributed by atoms with Gasteiger partial charge in [-0.05, 0) is 11.5 Å². The Morgan fingerprint density at radius 2 is 0.766 bits per heavy atom. The summed E-state index contributed by atoms with van der Waals surface area (Å²) in [5.74, 6) is 0. The van der Waals surface area contributed by atoms with Crippen molar-refractivity contribution in [3.8, 4) is 44.5 Å². The van der Waals surface area contributed by atoms with Crippen molar-refractivity contribution in [1.82, 2.24) is 0 Å². The Morgan fingerprint density at radius 3 is 1.38 bits per heavy atom. The van der Waals surface area contributed by atoms with E-state index in [0.29, 0.717) is 0 Å². The molecule has 14 aromatic rings. The predicted molar refractivity (Wildman–Crippen MR) is 275 cm³/mol. The number of rotatable bonds is 4. The number of furan rings is 1. The topological polar surface area (TPSA) is 13.1 Å². The van der Waals surface area contributed by atoms with E-state index in [0.717, 1.165) is 27.3 Å². The van der Waals surface area contributed by atoms with Crippen LogP contribution in [0.15, 0.2) is 223 Å². The van der Waals surface area contributed by atoms with Crippen LogP contribution in [0.3, 0.4) is 0 Å². The average molecular weight is 876 g/mol. The Bertz CT molecular complexity index is 4130. The van der Waals surface area contributed by atoms with Crippen LogP contribution in [0.25, 0.3) is 140 Å². The first-order valence-corrected chi connectivity index (χ1v) is 23.7. The van der Waals surface area contributed by atoms with E-state index in [1.807, 2.05) is 0 Å². The summed E-state index contributed by atoms with van der Waals surface area (Å²) in [4.78, 5) is 0. The number of fused-ring (bicyclic) bond motifs is 12. The van der Waals surface area contributed by atoms with E-state index in [9.17, 15) is 0 Å². The summed E-state index contributed by atoms with van der Waals surface area (Å²) < 4.78 is 9.46. The molecule has 12 aromatic carbocycles. The molecule has 0 amide bonds. The Kier molecular flexibility index (Phi) is 7.77. The van der Waals surface area contributed by atoms with Gasteiger partial charge in [0.15, 0.2) is 0 Å². The second-order valence-corrected chi connectivity index (χ2v) is 19.2. The molecule has 0 aliphatic rings. The van der Waals surface area contributed by atoms with Crippen LogP contribution in [0.1, 0.15) is 0 Å². The van der Waals surface area contributed by atoms with E-state index in [2.05, 4.69) is 218 Å². The predicted octanol–water partition coefficient (Wildman–Crippen LogP) is 17.4. The van der Waals surface area contributed by atoms with Gasteiger partial charge in [-0.3, -0.25) is 0 Å². The summed E-state index contributed by atoms with van der Waals surface area (Å²) in [6.45, 7) is 0. The van der Waals surface area contributed by atoms with Gasteiger partial charge in [-0.15, -0.1) is 0 Å². The third kappa shape index (κ3) is 5.19. The molecule has 2 heteroatoms. The van der Waals surface area contributed by atoms with Crippen LogP contribution in [0, 0.1) is 0 Å². The molecule has 2 heterocycles. The van der Waals surface area contributed by atoms with Crippen molar-refractivity contribution >= 4 is 110 Å². The third-order valence-corrected chi connectivity index (χ3v) is 16.2. The van der Waals surface area contributed by atoms with E-state index in [1.165, 1.54) is 112 Å². The zero-order valence-corrected chi connectivity index (χ0v) is 36.3. The Balaban J connectivity index is 0.981. The van der Waals surface area contributed by atoms with Crippen LogP contribution >= 0.6 is 0 Å². The molecule has 296 valence electrons. The monoisotopic (exact) mass is 876 g/mol. The van der Waals surface area contributed by atoms with E-state index >= 15 is 0 Å². The van der Waals surface area contributed by atoms with Gasteiger partial charge in [0, 0.05) is 5.39 Å². The van der Waals surface area contributed by atoms with E-state index in [4.69, 9.17) is 4.42 Å². The van der Waals surface area contributed by atoms with Gasteiger partial charge in [0.1, 0.15) is 5.58 Å². The molecular formula is C62H36OSe. The van der Waals surface area contributed by atoms with Gasteiger partial charge >= 0.3 is 320 Å². The minimum absolute atomic E-state index is 0.135. The first-order valence-electron chi connectivity index (χ1n) is 22.0. The first kappa shape index (κ1) is 35.8. The molecule has 0 spiro atoms. The normalized spacial score (nSPS) is 12.1. The molecule has 14 rings (SSSR count). The molecule has 0 radical (unpaired) electrons. The second kappa shape index (κ2) is 13.9. The number of hydrogen-bond donors (Lipinski definition) is 0. The second-order valence-electron chi connectivity index (χ2n) is 17.0. The van der Waals surface area contributed by atoms with Gasteiger partial charge in [0.25, 0.3) is 0 Å². The van der Waals surface area contributed by atoms with Crippen molar-refractivity contribution in [2.45, 2.75) is 0 Å². The molecule has 0 aliphatic carbocycles. The molecule has 64 heavy (non-hydrogen) atoms. The minimum atomic E-state index is 0.135. The summed E-state index contributed by atoms with van der Waals surface area (Å²) in [5.41, 5.74) is 12.1. The maximum atomic E-state index is 6.56. The summed E-state index contributed by atoms with van der Waals surface area (Å²) >= 11 is 0.135. The van der Waals surface area contributed by atoms with Crippen LogP contribution in [0.2, 0.25) is 0 Å². The molecule has 1 nitrogen and oxygen atoms in total. The molecule has 0 saturated heterocycles. The van der Waals surface area contributed by atoms with E-state index in [1.54, 1.807) is 0 Å². The fourth-order valence-electron chi connectivity index (χ4n) is 10.9. The average Bonchev–Trinajstić information content (AvgIpc) is 3.93. The molecule has 0 fully saturated rings. The maximum absolute atomic E-state index is 6.56. The van der Waals surface area contributed by atoms with Crippen LogP contribution in [0.5, 0.6) is 0 Å². The van der Waals surface area contributed by atoms with Crippen LogP contribution in [-0.2, 0) is 0 Å². The van der Waals surface area contributed by atoms with E-state index in [-0.39, 0.29) is 14.5 Å². The van der Waals surface area contributed by atoms with Crippen molar-refractivity contribution < 1.29 is 4.42 Å². The van der Waals surface area contributed by atoms with Gasteiger partial charge in [0.2, 0.25) is 0 Å². The molecule has 0 unspecified atom stereocenters. The molecule has 0 atom stereocenters. The van der Waals surface area contributed by atoms with Crippen molar-refractivity contribution in [2.75, 3.05) is 0 Å². The standard InChI is InChI=1S/C62H36OSe/c1-2-16-38(17-3-1)57-46-23-10-12-25-48(46)60(49-26-13-11-24-47(49)57)52-28-14-27-51-54-36-40(31-34-56(54)64-62(51)52)59-44-21-8-6-19-42(44)58(43-20-7-9-22-45(43)59)39-30-33-55-53(35-39)50-32-29-37-15-4-5-18-41(37)61(50)63-55/h1-36H. The molecule has 0 aliphatic heterocycles. The van der Waals surface area contributed by atoms with Crippen molar-refractivity contribution in [3.63, 3.8) is 0 Å². The first-order chi connectivity index (χ1) is 31.8. The molecule has 0 bridgehead atoms.